The van der Waals surface area contributed by atoms with E-state index in [1.165, 1.54) is 4.90 Å². The average Bonchev–Trinajstić information content (AvgIpc) is 3.17. The van der Waals surface area contributed by atoms with Gasteiger partial charge in [0, 0.05) is 19.2 Å². The third-order valence-corrected chi connectivity index (χ3v) is 6.72. The Balaban J connectivity index is 1.61. The molecule has 1 atom stereocenters. The highest BCUT2D eigenvalue weighted by atomic mass is 32.2. The van der Waals surface area contributed by atoms with Gasteiger partial charge in [-0.1, -0.05) is 12.1 Å². The fraction of sp³-hybridized carbons (Fsp3) is 0.316. The Hall–Kier alpha value is -2.52. The molecular formula is C19H19F2NO5S. The third kappa shape index (κ3) is 4.48. The number of sulfone groups is 1. The Morgan fingerprint density at radius 1 is 1.14 bits per heavy atom. The van der Waals surface area contributed by atoms with E-state index in [0.29, 0.717) is 17.4 Å². The predicted octanol–water partition coefficient (Wildman–Crippen LogP) is 1.91. The number of aliphatic hydroxyl groups excluding tert-OH is 1. The number of hydrogen-bond acceptors (Lipinski definition) is 5. The second-order valence-electron chi connectivity index (χ2n) is 6.49. The first-order valence-corrected chi connectivity index (χ1v) is 10.1. The maximum atomic E-state index is 13.4. The molecule has 9 heteroatoms. The summed E-state index contributed by atoms with van der Waals surface area (Å²) in [5.74, 6) is -1.87. The normalized spacial score (nSPS) is 17.0. The molecule has 1 amide bonds. The molecular weight excluding hydrogens is 392 g/mol. The van der Waals surface area contributed by atoms with Gasteiger partial charge in [-0.05, 0) is 36.2 Å². The SMILES string of the molecule is O=C(COc1ccc(CO)cc1)N1CCC(S(=O)(=O)c2cc(F)cc(F)c2)C1. The number of carbonyl (C=O) groups is 1. The molecule has 1 fully saturated rings. The van der Waals surface area contributed by atoms with E-state index >= 15 is 0 Å². The lowest BCUT2D eigenvalue weighted by atomic mass is 10.2. The maximum Gasteiger partial charge on any atom is 0.260 e. The Morgan fingerprint density at radius 3 is 2.39 bits per heavy atom. The van der Waals surface area contributed by atoms with Crippen LogP contribution in [0.2, 0.25) is 0 Å². The number of benzene rings is 2. The van der Waals surface area contributed by atoms with Gasteiger partial charge in [-0.2, -0.15) is 0 Å². The fourth-order valence-corrected chi connectivity index (χ4v) is 4.75. The summed E-state index contributed by atoms with van der Waals surface area (Å²) in [7, 11) is -3.96. The van der Waals surface area contributed by atoms with E-state index in [1.807, 2.05) is 0 Å². The van der Waals surface area contributed by atoms with Crippen molar-refractivity contribution in [3.05, 3.63) is 59.7 Å². The summed E-state index contributed by atoms with van der Waals surface area (Å²) in [6.07, 6.45) is 0.178. The molecule has 1 heterocycles. The lowest BCUT2D eigenvalue weighted by molar-refractivity contribution is -0.132. The van der Waals surface area contributed by atoms with Crippen molar-refractivity contribution in [2.45, 2.75) is 23.2 Å². The largest absolute Gasteiger partial charge is 0.484 e. The molecule has 2 aromatic carbocycles. The number of aliphatic hydroxyl groups is 1. The van der Waals surface area contributed by atoms with E-state index in [0.717, 1.165) is 12.1 Å². The molecule has 1 aliphatic rings. The van der Waals surface area contributed by atoms with Crippen LogP contribution in [0.1, 0.15) is 12.0 Å². The highest BCUT2D eigenvalue weighted by Crippen LogP contribution is 2.25. The minimum Gasteiger partial charge on any atom is -0.484 e. The average molecular weight is 411 g/mol. The molecule has 28 heavy (non-hydrogen) atoms. The number of ether oxygens (including phenoxy) is 1. The van der Waals surface area contributed by atoms with Gasteiger partial charge < -0.3 is 14.7 Å². The van der Waals surface area contributed by atoms with E-state index in [-0.39, 0.29) is 38.6 Å². The molecule has 0 aliphatic carbocycles. The summed E-state index contributed by atoms with van der Waals surface area (Å²) in [6, 6.07) is 8.73. The van der Waals surface area contributed by atoms with Crippen molar-refractivity contribution in [2.75, 3.05) is 19.7 Å². The number of likely N-dealkylation sites (tertiary alicyclic amines) is 1. The van der Waals surface area contributed by atoms with E-state index < -0.39 is 31.6 Å². The smallest absolute Gasteiger partial charge is 0.260 e. The van der Waals surface area contributed by atoms with Gasteiger partial charge in [0.25, 0.3) is 5.91 Å². The second-order valence-corrected chi connectivity index (χ2v) is 8.72. The zero-order chi connectivity index (χ0) is 20.3. The summed E-state index contributed by atoms with van der Waals surface area (Å²) in [4.78, 5) is 13.2. The van der Waals surface area contributed by atoms with Crippen molar-refractivity contribution < 1.29 is 31.8 Å². The van der Waals surface area contributed by atoms with Crippen LogP contribution in [0.25, 0.3) is 0 Å². The first-order chi connectivity index (χ1) is 13.3. The molecule has 0 saturated carbocycles. The van der Waals surface area contributed by atoms with E-state index in [9.17, 15) is 22.0 Å². The zero-order valence-corrected chi connectivity index (χ0v) is 15.7. The minimum absolute atomic E-state index is 0.0634. The van der Waals surface area contributed by atoms with Crippen LogP contribution < -0.4 is 4.74 Å². The number of nitrogens with zero attached hydrogens (tertiary/aromatic N) is 1. The first-order valence-electron chi connectivity index (χ1n) is 8.60. The first kappa shape index (κ1) is 20.2. The summed E-state index contributed by atoms with van der Waals surface area (Å²) in [5.41, 5.74) is 0.708. The van der Waals surface area contributed by atoms with Gasteiger partial charge in [0.05, 0.1) is 16.8 Å². The Bertz CT molecular complexity index is 943. The maximum absolute atomic E-state index is 13.4. The molecule has 0 radical (unpaired) electrons. The number of hydrogen-bond donors (Lipinski definition) is 1. The van der Waals surface area contributed by atoms with Gasteiger partial charge in [-0.25, -0.2) is 17.2 Å². The van der Waals surface area contributed by atoms with Gasteiger partial charge >= 0.3 is 0 Å². The molecule has 0 aromatic heterocycles. The Labute approximate surface area is 161 Å². The van der Waals surface area contributed by atoms with Crippen LogP contribution in [-0.2, 0) is 21.2 Å². The topological polar surface area (TPSA) is 83.9 Å². The highest BCUT2D eigenvalue weighted by Gasteiger charge is 2.36. The number of rotatable bonds is 6. The molecule has 1 N–H and O–H groups in total. The molecule has 2 aromatic rings. The van der Waals surface area contributed by atoms with Crippen LogP contribution in [0.4, 0.5) is 8.78 Å². The van der Waals surface area contributed by atoms with Crippen LogP contribution in [0.5, 0.6) is 5.75 Å². The lowest BCUT2D eigenvalue weighted by Gasteiger charge is -2.17. The molecule has 1 saturated heterocycles. The standard InChI is InChI=1S/C19H19F2NO5S/c20-14-7-15(21)9-18(8-14)28(25,26)17-5-6-22(10-17)19(24)12-27-16-3-1-13(11-23)2-4-16/h1-4,7-9,17,23H,5-6,10-12H2. The Kier molecular flexibility index (Phi) is 5.95. The van der Waals surface area contributed by atoms with Crippen molar-refractivity contribution in [2.24, 2.45) is 0 Å². The highest BCUT2D eigenvalue weighted by molar-refractivity contribution is 7.92. The summed E-state index contributed by atoms with van der Waals surface area (Å²) >= 11 is 0. The minimum atomic E-state index is -3.96. The van der Waals surface area contributed by atoms with Crippen molar-refractivity contribution in [1.82, 2.24) is 4.90 Å². The van der Waals surface area contributed by atoms with Gasteiger partial charge in [0.2, 0.25) is 0 Å². The fourth-order valence-electron chi connectivity index (χ4n) is 3.02. The summed E-state index contributed by atoms with van der Waals surface area (Å²) in [6.45, 7) is -0.211. The summed E-state index contributed by atoms with van der Waals surface area (Å²) < 4.78 is 57.4. The summed E-state index contributed by atoms with van der Waals surface area (Å²) in [5, 5.41) is 8.07. The predicted molar refractivity (Wildman–Crippen MR) is 96.4 cm³/mol. The van der Waals surface area contributed by atoms with Crippen molar-refractivity contribution in [3.63, 3.8) is 0 Å². The molecule has 0 bridgehead atoms. The van der Waals surface area contributed by atoms with Crippen molar-refractivity contribution in [1.29, 1.82) is 0 Å². The molecule has 1 aliphatic heterocycles. The third-order valence-electron chi connectivity index (χ3n) is 4.57. The van der Waals surface area contributed by atoms with Gasteiger partial charge in [-0.3, -0.25) is 4.79 Å². The molecule has 1 unspecified atom stereocenters. The quantitative estimate of drug-likeness (QED) is 0.785. The van der Waals surface area contributed by atoms with Crippen LogP contribution >= 0.6 is 0 Å². The van der Waals surface area contributed by atoms with Crippen LogP contribution in [-0.4, -0.2) is 49.3 Å². The molecule has 0 spiro atoms. The van der Waals surface area contributed by atoms with Gasteiger partial charge in [0.15, 0.2) is 16.4 Å². The molecule has 150 valence electrons. The van der Waals surface area contributed by atoms with Gasteiger partial charge in [0.1, 0.15) is 17.4 Å². The number of halogens is 2. The van der Waals surface area contributed by atoms with E-state index in [4.69, 9.17) is 9.84 Å². The van der Waals surface area contributed by atoms with E-state index in [2.05, 4.69) is 0 Å². The molecule has 6 nitrogen and oxygen atoms in total. The van der Waals surface area contributed by atoms with Crippen LogP contribution in [0, 0.1) is 11.6 Å². The van der Waals surface area contributed by atoms with Crippen molar-refractivity contribution in [3.8, 4) is 5.75 Å². The second kappa shape index (κ2) is 8.24. The molecule has 3 rings (SSSR count). The number of carbonyl (C=O) groups excluding carboxylic acids is 1. The van der Waals surface area contributed by atoms with Crippen LogP contribution in [0.15, 0.2) is 47.4 Å². The van der Waals surface area contributed by atoms with Crippen LogP contribution in [0.3, 0.4) is 0 Å². The van der Waals surface area contributed by atoms with Crippen molar-refractivity contribution >= 4 is 15.7 Å². The van der Waals surface area contributed by atoms with E-state index in [1.54, 1.807) is 24.3 Å². The zero-order valence-electron chi connectivity index (χ0n) is 14.8. The lowest BCUT2D eigenvalue weighted by Crippen LogP contribution is -2.35. The van der Waals surface area contributed by atoms with Gasteiger partial charge in [-0.15, -0.1) is 0 Å². The number of amides is 1. The Morgan fingerprint density at radius 2 is 1.79 bits per heavy atom. The monoisotopic (exact) mass is 411 g/mol.